The van der Waals surface area contributed by atoms with Crippen molar-refractivity contribution in [1.82, 2.24) is 5.32 Å². The highest BCUT2D eigenvalue weighted by Crippen LogP contribution is 2.15. The topological polar surface area (TPSA) is 43.6 Å². The standard InChI is InChI=1S/C17H31NO3/c1-13(2)10-18-11-16-14(3)9-15(21-16)12-19-7-8-20-17(4,5)6/h9,13,18H,7-8,10-12H2,1-6H3. The number of hydrogen-bond acceptors (Lipinski definition) is 4. The fourth-order valence-electron chi connectivity index (χ4n) is 1.89. The van der Waals surface area contributed by atoms with E-state index in [1.165, 1.54) is 5.56 Å². The van der Waals surface area contributed by atoms with Crippen molar-refractivity contribution in [2.24, 2.45) is 5.92 Å². The van der Waals surface area contributed by atoms with Crippen LogP contribution in [-0.4, -0.2) is 25.4 Å². The van der Waals surface area contributed by atoms with Crippen LogP contribution in [0.1, 0.15) is 51.7 Å². The van der Waals surface area contributed by atoms with Gasteiger partial charge in [0.2, 0.25) is 0 Å². The molecule has 0 fully saturated rings. The highest BCUT2D eigenvalue weighted by atomic mass is 16.5. The maximum atomic E-state index is 5.82. The van der Waals surface area contributed by atoms with Crippen LogP contribution in [0.3, 0.4) is 0 Å². The molecule has 0 aliphatic carbocycles. The summed E-state index contributed by atoms with van der Waals surface area (Å²) < 4.78 is 17.0. The zero-order chi connectivity index (χ0) is 15.9. The lowest BCUT2D eigenvalue weighted by Crippen LogP contribution is -2.21. The lowest BCUT2D eigenvalue weighted by atomic mass is 10.2. The number of nitrogens with one attached hydrogen (secondary N) is 1. The molecule has 122 valence electrons. The van der Waals surface area contributed by atoms with E-state index in [4.69, 9.17) is 13.9 Å². The summed E-state index contributed by atoms with van der Waals surface area (Å²) in [7, 11) is 0. The predicted molar refractivity (Wildman–Crippen MR) is 85.4 cm³/mol. The van der Waals surface area contributed by atoms with Crippen molar-refractivity contribution in [1.29, 1.82) is 0 Å². The van der Waals surface area contributed by atoms with Gasteiger partial charge in [-0.15, -0.1) is 0 Å². The SMILES string of the molecule is Cc1cc(COCCOC(C)(C)C)oc1CNCC(C)C. The molecule has 0 bridgehead atoms. The average Bonchev–Trinajstić information content (AvgIpc) is 2.68. The smallest absolute Gasteiger partial charge is 0.130 e. The first-order valence-corrected chi connectivity index (χ1v) is 7.78. The van der Waals surface area contributed by atoms with Crippen LogP contribution < -0.4 is 5.32 Å². The van der Waals surface area contributed by atoms with Gasteiger partial charge in [-0.1, -0.05) is 13.8 Å². The molecule has 0 radical (unpaired) electrons. The van der Waals surface area contributed by atoms with Crippen molar-refractivity contribution >= 4 is 0 Å². The molecule has 4 heteroatoms. The van der Waals surface area contributed by atoms with Crippen LogP contribution in [0.5, 0.6) is 0 Å². The second-order valence-corrected chi connectivity index (χ2v) is 6.86. The van der Waals surface area contributed by atoms with E-state index in [-0.39, 0.29) is 5.60 Å². The second kappa shape index (κ2) is 8.57. The Kier molecular flexibility index (Phi) is 7.43. The minimum absolute atomic E-state index is 0.111. The molecule has 0 amide bonds. The van der Waals surface area contributed by atoms with E-state index >= 15 is 0 Å². The Morgan fingerprint density at radius 3 is 2.57 bits per heavy atom. The van der Waals surface area contributed by atoms with Gasteiger partial charge < -0.3 is 19.2 Å². The average molecular weight is 297 g/mol. The Hall–Kier alpha value is -0.840. The first kappa shape index (κ1) is 18.2. The lowest BCUT2D eigenvalue weighted by molar-refractivity contribution is -0.0395. The molecule has 0 aliphatic rings. The van der Waals surface area contributed by atoms with E-state index in [1.807, 2.05) is 20.8 Å². The molecule has 0 atom stereocenters. The van der Waals surface area contributed by atoms with Crippen molar-refractivity contribution in [2.45, 2.75) is 60.3 Å². The van der Waals surface area contributed by atoms with E-state index in [9.17, 15) is 0 Å². The van der Waals surface area contributed by atoms with Crippen molar-refractivity contribution in [2.75, 3.05) is 19.8 Å². The first-order valence-electron chi connectivity index (χ1n) is 7.78. The number of hydrogen-bond donors (Lipinski definition) is 1. The summed E-state index contributed by atoms with van der Waals surface area (Å²) in [6.45, 7) is 16.0. The van der Waals surface area contributed by atoms with Crippen LogP contribution in [0.25, 0.3) is 0 Å². The summed E-state index contributed by atoms with van der Waals surface area (Å²) in [5.41, 5.74) is 1.07. The number of furan rings is 1. The fraction of sp³-hybridized carbons (Fsp3) is 0.765. The summed E-state index contributed by atoms with van der Waals surface area (Å²) >= 11 is 0. The molecule has 0 saturated heterocycles. The van der Waals surface area contributed by atoms with Gasteiger partial charge in [-0.2, -0.15) is 0 Å². The Labute approximate surface area is 129 Å². The monoisotopic (exact) mass is 297 g/mol. The summed E-state index contributed by atoms with van der Waals surface area (Å²) in [6.07, 6.45) is 0. The molecule has 1 heterocycles. The molecule has 0 unspecified atom stereocenters. The Morgan fingerprint density at radius 1 is 1.24 bits per heavy atom. The van der Waals surface area contributed by atoms with Crippen molar-refractivity contribution < 1.29 is 13.9 Å². The predicted octanol–water partition coefficient (Wildman–Crippen LogP) is 3.67. The summed E-state index contributed by atoms with van der Waals surface area (Å²) in [4.78, 5) is 0. The molecule has 0 saturated carbocycles. The molecule has 4 nitrogen and oxygen atoms in total. The van der Waals surface area contributed by atoms with Gasteiger partial charge in [-0.05, 0) is 51.8 Å². The Morgan fingerprint density at radius 2 is 1.95 bits per heavy atom. The highest BCUT2D eigenvalue weighted by Gasteiger charge is 2.10. The Bertz CT molecular complexity index is 405. The zero-order valence-corrected chi connectivity index (χ0v) is 14.4. The van der Waals surface area contributed by atoms with Crippen molar-refractivity contribution in [3.63, 3.8) is 0 Å². The highest BCUT2D eigenvalue weighted by molar-refractivity contribution is 5.19. The zero-order valence-electron chi connectivity index (χ0n) is 14.4. The molecule has 0 aliphatic heterocycles. The van der Waals surface area contributed by atoms with Gasteiger partial charge in [0.1, 0.15) is 18.1 Å². The second-order valence-electron chi connectivity index (χ2n) is 6.86. The van der Waals surface area contributed by atoms with Crippen molar-refractivity contribution in [3.8, 4) is 0 Å². The normalized spacial score (nSPS) is 12.3. The largest absolute Gasteiger partial charge is 0.462 e. The van der Waals surface area contributed by atoms with Gasteiger partial charge in [0.25, 0.3) is 0 Å². The third-order valence-electron chi connectivity index (χ3n) is 2.92. The van der Waals surface area contributed by atoms with E-state index in [0.29, 0.717) is 25.7 Å². The fourth-order valence-corrected chi connectivity index (χ4v) is 1.89. The molecular weight excluding hydrogens is 266 g/mol. The van der Waals surface area contributed by atoms with E-state index in [0.717, 1.165) is 24.6 Å². The number of aryl methyl sites for hydroxylation is 1. The summed E-state index contributed by atoms with van der Waals surface area (Å²) in [5.74, 6) is 2.52. The molecular formula is C17H31NO3. The molecule has 0 spiro atoms. The van der Waals surface area contributed by atoms with Crippen LogP contribution in [-0.2, 0) is 22.6 Å². The first-order chi connectivity index (χ1) is 9.78. The third kappa shape index (κ3) is 8.24. The third-order valence-corrected chi connectivity index (χ3v) is 2.92. The minimum Gasteiger partial charge on any atom is -0.462 e. The van der Waals surface area contributed by atoms with E-state index in [2.05, 4.69) is 32.2 Å². The Balaban J connectivity index is 2.27. The van der Waals surface area contributed by atoms with Gasteiger partial charge in [-0.25, -0.2) is 0 Å². The number of ether oxygens (including phenoxy) is 2. The van der Waals surface area contributed by atoms with Crippen LogP contribution in [0.4, 0.5) is 0 Å². The minimum atomic E-state index is -0.111. The molecule has 1 aromatic rings. The molecule has 21 heavy (non-hydrogen) atoms. The lowest BCUT2D eigenvalue weighted by Gasteiger charge is -2.19. The molecule has 1 aromatic heterocycles. The van der Waals surface area contributed by atoms with Gasteiger partial charge in [-0.3, -0.25) is 0 Å². The number of rotatable bonds is 9. The van der Waals surface area contributed by atoms with Crippen molar-refractivity contribution in [3.05, 3.63) is 23.2 Å². The maximum Gasteiger partial charge on any atom is 0.130 e. The van der Waals surface area contributed by atoms with Gasteiger partial charge in [0.15, 0.2) is 0 Å². The summed E-state index contributed by atoms with van der Waals surface area (Å²) in [6, 6.07) is 2.05. The van der Waals surface area contributed by atoms with Crippen LogP contribution in [0.2, 0.25) is 0 Å². The summed E-state index contributed by atoms with van der Waals surface area (Å²) in [5, 5.41) is 3.39. The molecule has 0 aromatic carbocycles. The van der Waals surface area contributed by atoms with Gasteiger partial charge >= 0.3 is 0 Å². The van der Waals surface area contributed by atoms with Crippen LogP contribution in [0.15, 0.2) is 10.5 Å². The van der Waals surface area contributed by atoms with Gasteiger partial charge in [0.05, 0.1) is 25.4 Å². The molecule has 1 rings (SSSR count). The van der Waals surface area contributed by atoms with Crippen LogP contribution in [0, 0.1) is 12.8 Å². The maximum absolute atomic E-state index is 5.82. The molecule has 1 N–H and O–H groups in total. The van der Waals surface area contributed by atoms with E-state index < -0.39 is 0 Å². The van der Waals surface area contributed by atoms with E-state index in [1.54, 1.807) is 0 Å². The quantitative estimate of drug-likeness (QED) is 0.706. The van der Waals surface area contributed by atoms with Crippen LogP contribution >= 0.6 is 0 Å². The van der Waals surface area contributed by atoms with Gasteiger partial charge in [0, 0.05) is 0 Å².